The van der Waals surface area contributed by atoms with E-state index in [4.69, 9.17) is 10.2 Å². The van der Waals surface area contributed by atoms with Gasteiger partial charge in [0, 0.05) is 0 Å². The van der Waals surface area contributed by atoms with Crippen LogP contribution in [-0.4, -0.2) is 0 Å². The number of hydrogen-bond donors (Lipinski definition) is 1. The van der Waals surface area contributed by atoms with Crippen molar-refractivity contribution in [2.24, 2.45) is 5.73 Å². The summed E-state index contributed by atoms with van der Waals surface area (Å²) in [5.41, 5.74) is 6.90. The maximum absolute atomic E-state index is 5.83. The Bertz CT molecular complexity index is 280. The molecule has 0 bridgehead atoms. The number of furan rings is 1. The van der Waals surface area contributed by atoms with Crippen LogP contribution in [0, 0.1) is 0 Å². The lowest BCUT2D eigenvalue weighted by Crippen LogP contribution is -2.09. The second-order valence-electron chi connectivity index (χ2n) is 2.91. The van der Waals surface area contributed by atoms with Crippen molar-refractivity contribution < 1.29 is 4.42 Å². The van der Waals surface area contributed by atoms with Gasteiger partial charge in [-0.1, -0.05) is 5.57 Å². The molecule has 2 nitrogen and oxygen atoms in total. The number of halogens is 1. The molecule has 1 aromatic heterocycles. The molecule has 1 unspecified atom stereocenters. The van der Waals surface area contributed by atoms with Crippen LogP contribution < -0.4 is 5.73 Å². The molecule has 0 aromatic carbocycles. The average Bonchev–Trinajstić information content (AvgIpc) is 2.34. The minimum absolute atomic E-state index is 0.0752. The van der Waals surface area contributed by atoms with Gasteiger partial charge in [-0.25, -0.2) is 0 Å². The van der Waals surface area contributed by atoms with Crippen molar-refractivity contribution in [3.05, 3.63) is 34.7 Å². The molecule has 12 heavy (non-hydrogen) atoms. The summed E-state index contributed by atoms with van der Waals surface area (Å²) < 4.78 is 6.01. The van der Waals surface area contributed by atoms with Crippen LogP contribution in [0.3, 0.4) is 0 Å². The summed E-state index contributed by atoms with van der Waals surface area (Å²) in [4.78, 5) is 0. The molecular formula is C9H12BrNO. The fourth-order valence-electron chi connectivity index (χ4n) is 1.00. The van der Waals surface area contributed by atoms with Gasteiger partial charge in [0.15, 0.2) is 4.67 Å². The molecule has 66 valence electrons. The molecular weight excluding hydrogens is 218 g/mol. The Morgan fingerprint density at radius 1 is 1.75 bits per heavy atom. The molecule has 1 aromatic rings. The zero-order chi connectivity index (χ0) is 9.14. The zero-order valence-corrected chi connectivity index (χ0v) is 8.60. The highest BCUT2D eigenvalue weighted by atomic mass is 79.9. The highest BCUT2D eigenvalue weighted by molar-refractivity contribution is 9.10. The largest absolute Gasteiger partial charge is 0.453 e. The lowest BCUT2D eigenvalue weighted by molar-refractivity contribution is 0.447. The highest BCUT2D eigenvalue weighted by Gasteiger charge is 2.09. The summed E-state index contributed by atoms with van der Waals surface area (Å²) in [7, 11) is 0. The van der Waals surface area contributed by atoms with Gasteiger partial charge in [-0.15, -0.1) is 6.58 Å². The van der Waals surface area contributed by atoms with E-state index in [0.29, 0.717) is 0 Å². The molecule has 0 saturated heterocycles. The molecule has 0 spiro atoms. The molecule has 2 N–H and O–H groups in total. The lowest BCUT2D eigenvalue weighted by atomic mass is 10.1. The summed E-state index contributed by atoms with van der Waals surface area (Å²) in [6.45, 7) is 5.75. The summed E-state index contributed by atoms with van der Waals surface area (Å²) in [5, 5.41) is 0. The molecule has 1 heterocycles. The Labute approximate surface area is 80.6 Å². The predicted molar refractivity (Wildman–Crippen MR) is 52.8 cm³/mol. The number of rotatable bonds is 3. The van der Waals surface area contributed by atoms with Gasteiger partial charge in [0.25, 0.3) is 0 Å². The van der Waals surface area contributed by atoms with Crippen LogP contribution in [0.25, 0.3) is 0 Å². The van der Waals surface area contributed by atoms with Crippen molar-refractivity contribution in [3.8, 4) is 0 Å². The van der Waals surface area contributed by atoms with Crippen LogP contribution in [0.2, 0.25) is 0 Å². The molecule has 0 aliphatic rings. The van der Waals surface area contributed by atoms with Crippen molar-refractivity contribution in [3.63, 3.8) is 0 Å². The Morgan fingerprint density at radius 3 is 2.83 bits per heavy atom. The van der Waals surface area contributed by atoms with Crippen molar-refractivity contribution in [2.75, 3.05) is 0 Å². The van der Waals surface area contributed by atoms with Crippen LogP contribution in [0.15, 0.2) is 33.4 Å². The van der Waals surface area contributed by atoms with E-state index in [-0.39, 0.29) is 6.04 Å². The fourth-order valence-corrected chi connectivity index (χ4v) is 1.32. The average molecular weight is 230 g/mol. The van der Waals surface area contributed by atoms with E-state index in [9.17, 15) is 0 Å². The second-order valence-corrected chi connectivity index (χ2v) is 3.69. The number of hydrogen-bond acceptors (Lipinski definition) is 2. The smallest absolute Gasteiger partial charge is 0.169 e. The third-order valence-corrected chi connectivity index (χ3v) is 1.95. The van der Waals surface area contributed by atoms with E-state index < -0.39 is 0 Å². The summed E-state index contributed by atoms with van der Waals surface area (Å²) in [6.07, 6.45) is 0.764. The van der Waals surface area contributed by atoms with Gasteiger partial charge < -0.3 is 10.2 Å². The quantitative estimate of drug-likeness (QED) is 0.810. The normalized spacial score (nSPS) is 12.9. The van der Waals surface area contributed by atoms with Crippen LogP contribution in [0.1, 0.15) is 25.1 Å². The second kappa shape index (κ2) is 3.92. The van der Waals surface area contributed by atoms with Crippen molar-refractivity contribution in [1.29, 1.82) is 0 Å². The molecule has 0 fully saturated rings. The van der Waals surface area contributed by atoms with Crippen molar-refractivity contribution in [1.82, 2.24) is 0 Å². The first-order valence-corrected chi connectivity index (χ1v) is 4.54. The Hall–Kier alpha value is -0.540. The summed E-state index contributed by atoms with van der Waals surface area (Å²) >= 11 is 3.22. The van der Waals surface area contributed by atoms with Crippen LogP contribution in [0.5, 0.6) is 0 Å². The van der Waals surface area contributed by atoms with Gasteiger partial charge in [0.05, 0.1) is 6.04 Å². The maximum atomic E-state index is 5.83. The Kier molecular flexibility index (Phi) is 3.12. The summed E-state index contributed by atoms with van der Waals surface area (Å²) in [6, 6.07) is 3.64. The molecule has 1 rings (SSSR count). The molecule has 0 amide bonds. The van der Waals surface area contributed by atoms with Gasteiger partial charge in [-0.3, -0.25) is 0 Å². The molecule has 0 aliphatic heterocycles. The monoisotopic (exact) mass is 229 g/mol. The van der Waals surface area contributed by atoms with E-state index in [1.807, 2.05) is 19.1 Å². The Balaban J connectivity index is 2.64. The lowest BCUT2D eigenvalue weighted by Gasteiger charge is -2.06. The van der Waals surface area contributed by atoms with Gasteiger partial charge in [0.2, 0.25) is 0 Å². The molecule has 0 aliphatic carbocycles. The standard InChI is InChI=1S/C9H12BrNO/c1-6(2)5-7(11)8-3-4-9(10)12-8/h3-4,7H,1,5,11H2,2H3. The van der Waals surface area contributed by atoms with Gasteiger partial charge in [0.1, 0.15) is 5.76 Å². The molecule has 1 atom stereocenters. The molecule has 3 heteroatoms. The molecule has 0 radical (unpaired) electrons. The van der Waals surface area contributed by atoms with E-state index in [2.05, 4.69) is 22.5 Å². The first-order valence-electron chi connectivity index (χ1n) is 3.75. The minimum atomic E-state index is -0.0752. The van der Waals surface area contributed by atoms with E-state index in [1.165, 1.54) is 0 Å². The first-order chi connectivity index (χ1) is 5.59. The SMILES string of the molecule is C=C(C)CC(N)c1ccc(Br)o1. The van der Waals surface area contributed by atoms with E-state index >= 15 is 0 Å². The van der Waals surface area contributed by atoms with Crippen molar-refractivity contribution >= 4 is 15.9 Å². The third-order valence-electron chi connectivity index (χ3n) is 1.53. The predicted octanol–water partition coefficient (Wildman–Crippen LogP) is 3.01. The van der Waals surface area contributed by atoms with Gasteiger partial charge in [-0.2, -0.15) is 0 Å². The van der Waals surface area contributed by atoms with Crippen LogP contribution in [-0.2, 0) is 0 Å². The fraction of sp³-hybridized carbons (Fsp3) is 0.333. The van der Waals surface area contributed by atoms with E-state index in [0.717, 1.165) is 22.4 Å². The summed E-state index contributed by atoms with van der Waals surface area (Å²) in [5.74, 6) is 0.796. The van der Waals surface area contributed by atoms with Gasteiger partial charge >= 0.3 is 0 Å². The van der Waals surface area contributed by atoms with E-state index in [1.54, 1.807) is 0 Å². The van der Waals surface area contributed by atoms with Crippen LogP contribution >= 0.6 is 15.9 Å². The highest BCUT2D eigenvalue weighted by Crippen LogP contribution is 2.22. The molecule has 0 saturated carbocycles. The third kappa shape index (κ3) is 2.50. The Morgan fingerprint density at radius 2 is 2.42 bits per heavy atom. The first kappa shape index (κ1) is 9.55. The maximum Gasteiger partial charge on any atom is 0.169 e. The topological polar surface area (TPSA) is 39.2 Å². The minimum Gasteiger partial charge on any atom is -0.453 e. The van der Waals surface area contributed by atoms with Crippen LogP contribution in [0.4, 0.5) is 0 Å². The number of nitrogens with two attached hydrogens (primary N) is 1. The van der Waals surface area contributed by atoms with Gasteiger partial charge in [-0.05, 0) is 41.4 Å². The van der Waals surface area contributed by atoms with Crippen molar-refractivity contribution in [2.45, 2.75) is 19.4 Å². The zero-order valence-electron chi connectivity index (χ0n) is 7.01.